The van der Waals surface area contributed by atoms with Gasteiger partial charge in [-0.3, -0.25) is 9.59 Å². The molecule has 0 amide bonds. The van der Waals surface area contributed by atoms with Gasteiger partial charge < -0.3 is 18.5 Å². The largest absolute Gasteiger partial charge is 0.748 e. The van der Waals surface area contributed by atoms with Crippen molar-refractivity contribution in [3.8, 4) is 0 Å². The maximum atomic E-state index is 12.5. The van der Waals surface area contributed by atoms with Crippen molar-refractivity contribution in [3.05, 3.63) is 0 Å². The zero-order valence-corrected chi connectivity index (χ0v) is 18.5. The van der Waals surface area contributed by atoms with Gasteiger partial charge in [-0.15, -0.1) is 0 Å². The lowest BCUT2D eigenvalue weighted by Crippen LogP contribution is -2.44. The van der Waals surface area contributed by atoms with Gasteiger partial charge in [-0.25, -0.2) is 8.42 Å². The molecule has 0 saturated carbocycles. The van der Waals surface area contributed by atoms with Crippen LogP contribution in [0.3, 0.4) is 0 Å². The van der Waals surface area contributed by atoms with E-state index in [4.69, 9.17) is 9.47 Å². The monoisotopic (exact) mass is 409 g/mol. The Bertz CT molecular complexity index is 609. The van der Waals surface area contributed by atoms with Gasteiger partial charge >= 0.3 is 11.9 Å². The zero-order valence-electron chi connectivity index (χ0n) is 17.7. The Hall–Kier alpha value is -1.19. The quantitative estimate of drug-likeness (QED) is 0.273. The lowest BCUT2D eigenvalue weighted by Gasteiger charge is -2.33. The predicted molar refractivity (Wildman–Crippen MR) is 101 cm³/mol. The van der Waals surface area contributed by atoms with E-state index < -0.39 is 32.7 Å². The average molecular weight is 410 g/mol. The topological polar surface area (TPSA) is 110 Å². The van der Waals surface area contributed by atoms with Crippen molar-refractivity contribution in [2.24, 2.45) is 10.8 Å². The summed E-state index contributed by atoms with van der Waals surface area (Å²) in [5.41, 5.74) is -1.66. The van der Waals surface area contributed by atoms with Crippen LogP contribution in [0.1, 0.15) is 47.5 Å². The van der Waals surface area contributed by atoms with Crippen LogP contribution in [-0.2, 0) is 29.2 Å². The summed E-state index contributed by atoms with van der Waals surface area (Å²) in [4.78, 5) is 24.5. The molecule has 0 unspecified atom stereocenters. The first kappa shape index (κ1) is 25.8. The van der Waals surface area contributed by atoms with Crippen LogP contribution in [0.25, 0.3) is 0 Å². The van der Waals surface area contributed by atoms with Crippen molar-refractivity contribution in [1.82, 2.24) is 0 Å². The molecule has 0 radical (unpaired) electrons. The molecule has 0 aliphatic carbocycles. The van der Waals surface area contributed by atoms with Gasteiger partial charge in [-0.2, -0.15) is 0 Å². The molecule has 0 aromatic heterocycles. The Balaban J connectivity index is 4.56. The normalized spacial score (nSPS) is 13.3. The van der Waals surface area contributed by atoms with Crippen molar-refractivity contribution in [2.75, 3.05) is 46.2 Å². The second-order valence-electron chi connectivity index (χ2n) is 8.80. The minimum Gasteiger partial charge on any atom is -0.748 e. The van der Waals surface area contributed by atoms with E-state index in [1.807, 2.05) is 14.1 Å². The van der Waals surface area contributed by atoms with Crippen LogP contribution in [0.4, 0.5) is 0 Å². The molecule has 160 valence electrons. The molecule has 27 heavy (non-hydrogen) atoms. The number of rotatable bonds is 12. The molecule has 0 spiro atoms. The molecule has 0 aliphatic rings. The highest BCUT2D eigenvalue weighted by atomic mass is 32.2. The number of carbonyl (C=O) groups is 2. The molecule has 0 aliphatic heterocycles. The molecular formula is C18H35NO7S. The molecule has 0 saturated heterocycles. The van der Waals surface area contributed by atoms with Gasteiger partial charge in [0, 0.05) is 12.2 Å². The zero-order chi connectivity index (χ0) is 21.5. The van der Waals surface area contributed by atoms with Crippen LogP contribution in [0, 0.1) is 10.8 Å². The fourth-order valence-electron chi connectivity index (χ4n) is 2.94. The molecule has 8 nitrogen and oxygen atoms in total. The van der Waals surface area contributed by atoms with E-state index in [1.165, 1.54) is 0 Å². The second-order valence-corrected chi connectivity index (χ2v) is 10.3. The molecule has 0 N–H and O–H groups in total. The molecule has 9 heteroatoms. The third kappa shape index (κ3) is 10.7. The summed E-state index contributed by atoms with van der Waals surface area (Å²) >= 11 is 0. The SMILES string of the molecule is CCOC(=O)C(C)(C)CC(C)(C)C(=O)OCC[N+](C)(C)CCCS(=O)(=O)[O-]. The highest BCUT2D eigenvalue weighted by Crippen LogP contribution is 2.35. The first-order chi connectivity index (χ1) is 12.0. The van der Waals surface area contributed by atoms with Crippen molar-refractivity contribution in [3.63, 3.8) is 0 Å². The van der Waals surface area contributed by atoms with E-state index in [-0.39, 0.29) is 32.0 Å². The number of esters is 2. The molecule has 0 rings (SSSR count). The molecule has 0 aromatic rings. The first-order valence-corrected chi connectivity index (χ1v) is 10.7. The van der Waals surface area contributed by atoms with Crippen LogP contribution < -0.4 is 0 Å². The van der Waals surface area contributed by atoms with E-state index in [0.29, 0.717) is 17.6 Å². The molecule has 0 aromatic carbocycles. The minimum atomic E-state index is -4.21. The van der Waals surface area contributed by atoms with Crippen molar-refractivity contribution in [2.45, 2.75) is 47.5 Å². The maximum Gasteiger partial charge on any atom is 0.311 e. The Labute approximate surface area is 163 Å². The maximum absolute atomic E-state index is 12.5. The number of likely N-dealkylation sites (N-methyl/N-ethyl adjacent to an activating group) is 1. The number of hydrogen-bond acceptors (Lipinski definition) is 7. The minimum absolute atomic E-state index is 0.166. The third-order valence-electron chi connectivity index (χ3n) is 4.35. The van der Waals surface area contributed by atoms with Crippen LogP contribution in [0.5, 0.6) is 0 Å². The Morgan fingerprint density at radius 1 is 0.963 bits per heavy atom. The van der Waals surface area contributed by atoms with Gasteiger partial charge in [0.15, 0.2) is 0 Å². The molecule has 0 bridgehead atoms. The van der Waals surface area contributed by atoms with E-state index >= 15 is 0 Å². The van der Waals surface area contributed by atoms with Gasteiger partial charge in [0.25, 0.3) is 0 Å². The van der Waals surface area contributed by atoms with E-state index in [9.17, 15) is 22.6 Å². The Morgan fingerprint density at radius 2 is 1.44 bits per heavy atom. The standard InChI is InChI=1S/C18H35NO7S/c1-8-25-15(20)17(2,3)14-18(4,5)16(21)26-12-11-19(6,7)10-9-13-27(22,23)24/h8-14H2,1-7H3. The Morgan fingerprint density at radius 3 is 1.89 bits per heavy atom. The van der Waals surface area contributed by atoms with Crippen LogP contribution in [-0.4, -0.2) is 75.5 Å². The molecule has 0 atom stereocenters. The number of hydrogen-bond donors (Lipinski definition) is 0. The molecule has 0 heterocycles. The summed E-state index contributed by atoms with van der Waals surface area (Å²) in [6.45, 7) is 10.1. The summed E-state index contributed by atoms with van der Waals surface area (Å²) in [7, 11) is -0.461. The van der Waals surface area contributed by atoms with E-state index in [0.717, 1.165) is 0 Å². The van der Waals surface area contributed by atoms with Gasteiger partial charge in [0.05, 0.1) is 48.2 Å². The van der Waals surface area contributed by atoms with Crippen molar-refractivity contribution >= 4 is 22.1 Å². The van der Waals surface area contributed by atoms with Gasteiger partial charge in [-0.1, -0.05) is 0 Å². The van der Waals surface area contributed by atoms with Crippen molar-refractivity contribution < 1.29 is 36.5 Å². The van der Waals surface area contributed by atoms with E-state index in [1.54, 1.807) is 34.6 Å². The first-order valence-electron chi connectivity index (χ1n) is 9.12. The van der Waals surface area contributed by atoms with Crippen molar-refractivity contribution in [1.29, 1.82) is 0 Å². The lowest BCUT2D eigenvalue weighted by molar-refractivity contribution is -0.890. The predicted octanol–water partition coefficient (Wildman–Crippen LogP) is 1.55. The molecular weight excluding hydrogens is 374 g/mol. The fourth-order valence-corrected chi connectivity index (χ4v) is 3.42. The highest BCUT2D eigenvalue weighted by molar-refractivity contribution is 7.85. The highest BCUT2D eigenvalue weighted by Gasteiger charge is 2.41. The summed E-state index contributed by atoms with van der Waals surface area (Å²) < 4.78 is 42.9. The number of nitrogens with zero attached hydrogens (tertiary/aromatic N) is 1. The van der Waals surface area contributed by atoms with Gasteiger partial charge in [-0.05, 0) is 41.0 Å². The molecule has 0 fully saturated rings. The fraction of sp³-hybridized carbons (Fsp3) is 0.889. The summed E-state index contributed by atoms with van der Waals surface area (Å²) in [6.07, 6.45) is 0.545. The Kier molecular flexibility index (Phi) is 9.40. The third-order valence-corrected chi connectivity index (χ3v) is 5.14. The summed E-state index contributed by atoms with van der Waals surface area (Å²) in [5, 5.41) is 0. The van der Waals surface area contributed by atoms with E-state index in [2.05, 4.69) is 0 Å². The summed E-state index contributed by atoms with van der Waals surface area (Å²) in [5.74, 6) is -1.15. The lowest BCUT2D eigenvalue weighted by atomic mass is 9.75. The smallest absolute Gasteiger partial charge is 0.311 e. The average Bonchev–Trinajstić information content (AvgIpc) is 2.44. The summed E-state index contributed by atoms with van der Waals surface area (Å²) in [6, 6.07) is 0. The van der Waals surface area contributed by atoms with Crippen LogP contribution >= 0.6 is 0 Å². The van der Waals surface area contributed by atoms with Crippen LogP contribution in [0.2, 0.25) is 0 Å². The number of quaternary nitrogens is 1. The van der Waals surface area contributed by atoms with Gasteiger partial charge in [0.1, 0.15) is 13.2 Å². The van der Waals surface area contributed by atoms with Gasteiger partial charge in [0.2, 0.25) is 0 Å². The second kappa shape index (κ2) is 9.84. The number of carbonyl (C=O) groups excluding carboxylic acids is 2. The van der Waals surface area contributed by atoms with Crippen LogP contribution in [0.15, 0.2) is 0 Å². The number of ether oxygens (including phenoxy) is 2.